The van der Waals surface area contributed by atoms with E-state index in [0.717, 1.165) is 43.9 Å². The molecule has 1 unspecified atom stereocenters. The molecule has 2 N–H and O–H groups in total. The molecule has 1 amide bonds. The molecule has 2 aliphatic rings. The lowest BCUT2D eigenvalue weighted by Gasteiger charge is -2.32. The molecule has 5 nitrogen and oxygen atoms in total. The average molecular weight is 234 g/mol. The second kappa shape index (κ2) is 4.49. The van der Waals surface area contributed by atoms with Gasteiger partial charge >= 0.3 is 0 Å². The molecule has 1 aromatic heterocycles. The Morgan fingerprint density at radius 2 is 2.18 bits per heavy atom. The Labute approximate surface area is 101 Å². The van der Waals surface area contributed by atoms with Crippen LogP contribution in [0.4, 0.5) is 0 Å². The lowest BCUT2D eigenvalue weighted by atomic mass is 10.0. The summed E-state index contributed by atoms with van der Waals surface area (Å²) < 4.78 is 0. The van der Waals surface area contributed by atoms with Crippen molar-refractivity contribution in [1.29, 1.82) is 0 Å². The van der Waals surface area contributed by atoms with Gasteiger partial charge in [-0.2, -0.15) is 0 Å². The molecule has 0 radical (unpaired) electrons. The third kappa shape index (κ3) is 2.07. The third-order valence-corrected chi connectivity index (χ3v) is 3.70. The molecule has 3 rings (SSSR count). The van der Waals surface area contributed by atoms with Crippen LogP contribution in [0.5, 0.6) is 0 Å². The Kier molecular flexibility index (Phi) is 2.84. The van der Waals surface area contributed by atoms with Crippen LogP contribution in [-0.2, 0) is 17.8 Å². The Balaban J connectivity index is 1.67. The molecule has 3 heterocycles. The number of piperidine rings is 1. The van der Waals surface area contributed by atoms with Gasteiger partial charge < -0.3 is 9.88 Å². The molecule has 1 fully saturated rings. The van der Waals surface area contributed by atoms with Gasteiger partial charge in [-0.3, -0.25) is 10.1 Å². The Morgan fingerprint density at radius 1 is 1.35 bits per heavy atom. The number of hydrogen-bond donors (Lipinski definition) is 2. The van der Waals surface area contributed by atoms with Crippen molar-refractivity contribution >= 4 is 5.91 Å². The van der Waals surface area contributed by atoms with Crippen molar-refractivity contribution in [2.24, 2.45) is 0 Å². The summed E-state index contributed by atoms with van der Waals surface area (Å²) in [5, 5.41) is 3.30. The van der Waals surface area contributed by atoms with E-state index in [9.17, 15) is 4.79 Å². The van der Waals surface area contributed by atoms with Gasteiger partial charge in [-0.25, -0.2) is 4.98 Å². The number of hydrogen-bond acceptors (Lipinski definition) is 3. The van der Waals surface area contributed by atoms with Gasteiger partial charge in [0.05, 0.1) is 23.8 Å². The second-order valence-corrected chi connectivity index (χ2v) is 4.85. The van der Waals surface area contributed by atoms with Gasteiger partial charge in [-0.15, -0.1) is 0 Å². The van der Waals surface area contributed by atoms with E-state index in [1.807, 2.05) is 4.90 Å². The number of rotatable bonds is 1. The van der Waals surface area contributed by atoms with Gasteiger partial charge in [0.1, 0.15) is 0 Å². The van der Waals surface area contributed by atoms with Crippen LogP contribution in [0.1, 0.15) is 30.7 Å². The van der Waals surface area contributed by atoms with Crippen molar-refractivity contribution in [1.82, 2.24) is 20.2 Å². The highest BCUT2D eigenvalue weighted by Crippen LogP contribution is 2.16. The minimum Gasteiger partial charge on any atom is -0.347 e. The maximum atomic E-state index is 12.3. The number of aromatic nitrogens is 2. The van der Waals surface area contributed by atoms with Gasteiger partial charge in [0, 0.05) is 26.1 Å². The Hall–Kier alpha value is -1.36. The molecule has 0 aromatic carbocycles. The SMILES string of the molecule is O=C(C1Cc2nc[nH]c2CN1)N1CCCCC1. The van der Waals surface area contributed by atoms with Crippen molar-refractivity contribution < 1.29 is 4.79 Å². The van der Waals surface area contributed by atoms with Crippen LogP contribution in [0.25, 0.3) is 0 Å². The molecular weight excluding hydrogens is 216 g/mol. The highest BCUT2D eigenvalue weighted by atomic mass is 16.2. The fourth-order valence-corrected chi connectivity index (χ4v) is 2.68. The van der Waals surface area contributed by atoms with E-state index < -0.39 is 0 Å². The van der Waals surface area contributed by atoms with Crippen molar-refractivity contribution in [3.05, 3.63) is 17.7 Å². The number of carbonyl (C=O) groups excluding carboxylic acids is 1. The van der Waals surface area contributed by atoms with Gasteiger partial charge in [0.2, 0.25) is 5.91 Å². The number of aromatic amines is 1. The molecule has 0 spiro atoms. The van der Waals surface area contributed by atoms with Crippen LogP contribution < -0.4 is 5.32 Å². The first kappa shape index (κ1) is 10.8. The minimum absolute atomic E-state index is 0.0797. The van der Waals surface area contributed by atoms with Crippen LogP contribution in [0.2, 0.25) is 0 Å². The second-order valence-electron chi connectivity index (χ2n) is 4.85. The van der Waals surface area contributed by atoms with Gasteiger partial charge in [-0.1, -0.05) is 0 Å². The molecule has 0 aliphatic carbocycles. The summed E-state index contributed by atoms with van der Waals surface area (Å²) in [5.41, 5.74) is 2.16. The zero-order chi connectivity index (χ0) is 11.7. The monoisotopic (exact) mass is 234 g/mol. The van der Waals surface area contributed by atoms with Crippen molar-refractivity contribution in [2.45, 2.75) is 38.3 Å². The first-order valence-electron chi connectivity index (χ1n) is 6.38. The molecule has 5 heteroatoms. The van der Waals surface area contributed by atoms with Gasteiger partial charge in [-0.05, 0) is 19.3 Å². The summed E-state index contributed by atoms with van der Waals surface area (Å²) in [5.74, 6) is 0.248. The number of imidazole rings is 1. The van der Waals surface area contributed by atoms with Crippen molar-refractivity contribution in [3.8, 4) is 0 Å². The van der Waals surface area contributed by atoms with Crippen LogP contribution in [0.3, 0.4) is 0 Å². The average Bonchev–Trinajstić information content (AvgIpc) is 2.86. The summed E-state index contributed by atoms with van der Waals surface area (Å²) in [6.07, 6.45) is 5.97. The molecule has 2 aliphatic heterocycles. The molecule has 92 valence electrons. The zero-order valence-corrected chi connectivity index (χ0v) is 9.91. The maximum Gasteiger partial charge on any atom is 0.240 e. The van der Waals surface area contributed by atoms with E-state index in [2.05, 4.69) is 15.3 Å². The zero-order valence-electron chi connectivity index (χ0n) is 9.91. The minimum atomic E-state index is -0.0797. The summed E-state index contributed by atoms with van der Waals surface area (Å²) in [6.45, 7) is 2.56. The maximum absolute atomic E-state index is 12.3. The van der Waals surface area contributed by atoms with E-state index in [0.29, 0.717) is 6.42 Å². The molecule has 17 heavy (non-hydrogen) atoms. The molecule has 1 atom stereocenters. The summed E-state index contributed by atoms with van der Waals surface area (Å²) in [7, 11) is 0. The first-order valence-corrected chi connectivity index (χ1v) is 6.38. The number of nitrogens with one attached hydrogen (secondary N) is 2. The lowest BCUT2D eigenvalue weighted by Crippen LogP contribution is -2.50. The molecule has 0 saturated carbocycles. The number of likely N-dealkylation sites (tertiary alicyclic amines) is 1. The predicted molar refractivity (Wildman–Crippen MR) is 63.4 cm³/mol. The van der Waals surface area contributed by atoms with Crippen molar-refractivity contribution in [2.75, 3.05) is 13.1 Å². The topological polar surface area (TPSA) is 61.0 Å². The van der Waals surface area contributed by atoms with Crippen LogP contribution >= 0.6 is 0 Å². The fourth-order valence-electron chi connectivity index (χ4n) is 2.68. The molecule has 1 saturated heterocycles. The van der Waals surface area contributed by atoms with E-state index >= 15 is 0 Å². The summed E-state index contributed by atoms with van der Waals surface area (Å²) >= 11 is 0. The predicted octanol–water partition coefficient (Wildman–Crippen LogP) is 0.436. The highest BCUT2D eigenvalue weighted by molar-refractivity contribution is 5.82. The van der Waals surface area contributed by atoms with E-state index in [4.69, 9.17) is 0 Å². The number of H-pyrrole nitrogens is 1. The quantitative estimate of drug-likeness (QED) is 0.741. The largest absolute Gasteiger partial charge is 0.347 e. The first-order chi connectivity index (χ1) is 8.34. The molecule has 0 bridgehead atoms. The lowest BCUT2D eigenvalue weighted by molar-refractivity contribution is -0.134. The van der Waals surface area contributed by atoms with E-state index in [-0.39, 0.29) is 11.9 Å². The smallest absolute Gasteiger partial charge is 0.240 e. The highest BCUT2D eigenvalue weighted by Gasteiger charge is 2.29. The van der Waals surface area contributed by atoms with Gasteiger partial charge in [0.15, 0.2) is 0 Å². The number of nitrogens with zero attached hydrogens (tertiary/aromatic N) is 2. The van der Waals surface area contributed by atoms with E-state index in [1.54, 1.807) is 6.33 Å². The normalized spacial score (nSPS) is 24.5. The van der Waals surface area contributed by atoms with Crippen molar-refractivity contribution in [3.63, 3.8) is 0 Å². The van der Waals surface area contributed by atoms with Gasteiger partial charge in [0.25, 0.3) is 0 Å². The fraction of sp³-hybridized carbons (Fsp3) is 0.667. The molecule has 1 aromatic rings. The number of amides is 1. The molecular formula is C12H18N4O. The Bertz CT molecular complexity index is 408. The van der Waals surface area contributed by atoms with Crippen LogP contribution in [0, 0.1) is 0 Å². The summed E-state index contributed by atoms with van der Waals surface area (Å²) in [4.78, 5) is 21.7. The standard InChI is InChI=1S/C12H18N4O/c17-12(16-4-2-1-3-5-16)10-6-9-11(7-13-10)15-8-14-9/h8,10,13H,1-7H2,(H,14,15). The van der Waals surface area contributed by atoms with Crippen LogP contribution in [-0.4, -0.2) is 39.9 Å². The van der Waals surface area contributed by atoms with Crippen LogP contribution in [0.15, 0.2) is 6.33 Å². The Morgan fingerprint density at radius 3 is 3.00 bits per heavy atom. The number of fused-ring (bicyclic) bond motifs is 1. The van der Waals surface area contributed by atoms with E-state index in [1.165, 1.54) is 6.42 Å². The number of carbonyl (C=O) groups is 1. The summed E-state index contributed by atoms with van der Waals surface area (Å²) in [6, 6.07) is -0.0797. The third-order valence-electron chi connectivity index (χ3n) is 3.70.